The van der Waals surface area contributed by atoms with E-state index in [1.807, 2.05) is 0 Å². The summed E-state index contributed by atoms with van der Waals surface area (Å²) < 4.78 is 3.04. The lowest BCUT2D eigenvalue weighted by Crippen LogP contribution is -2.04. The van der Waals surface area contributed by atoms with Crippen molar-refractivity contribution in [1.29, 1.82) is 0 Å². The third kappa shape index (κ3) is 5.52. The van der Waals surface area contributed by atoms with Crippen LogP contribution in [0.15, 0.2) is 17.1 Å². The first kappa shape index (κ1) is 6.52. The molecular weight excluding hydrogens is 112 g/mol. The first-order chi connectivity index (χ1) is 3.41. The van der Waals surface area contributed by atoms with Gasteiger partial charge in [-0.05, 0) is 0 Å². The minimum Gasteiger partial charge on any atom is -0.254 e. The number of nitrogens with one attached hydrogen (secondary N) is 1. The van der Waals surface area contributed by atoms with Crippen LogP contribution in [-0.4, -0.2) is 6.61 Å². The third-order valence-corrected chi connectivity index (χ3v) is 0.378. The Bertz CT molecular complexity index is 58.0. The average molecular weight is 118 g/mol. The summed E-state index contributed by atoms with van der Waals surface area (Å²) in [7, 11) is 0. The fourth-order valence-electron chi connectivity index (χ4n) is 0.123. The van der Waals surface area contributed by atoms with Gasteiger partial charge in [0, 0.05) is 0 Å². The lowest BCUT2D eigenvalue weighted by Gasteiger charge is -1.90. The fraction of sp³-hybridized carbons (Fsp3) is 0.333. The highest BCUT2D eigenvalue weighted by atomic mass is 32.1. The van der Waals surface area contributed by atoms with Crippen LogP contribution in [0.5, 0.6) is 0 Å². The fourth-order valence-corrected chi connectivity index (χ4v) is 0.175. The highest BCUT2D eigenvalue weighted by Crippen LogP contribution is 1.64. The molecule has 0 aromatic rings. The van der Waals surface area contributed by atoms with Crippen molar-refractivity contribution < 1.29 is 4.84 Å². The predicted octanol–water partition coefficient (Wildman–Crippen LogP) is 0.339. The van der Waals surface area contributed by atoms with Crippen LogP contribution in [0.1, 0.15) is 0 Å². The van der Waals surface area contributed by atoms with E-state index in [4.69, 9.17) is 0 Å². The zero-order valence-electron chi connectivity index (χ0n) is 3.76. The molecule has 0 spiro atoms. The van der Waals surface area contributed by atoms with Crippen molar-refractivity contribution >= 4 is 12.4 Å². The minimum absolute atomic E-state index is 0.417. The topological polar surface area (TPSA) is 33.6 Å². The summed E-state index contributed by atoms with van der Waals surface area (Å²) in [6.45, 7) is 3.81. The molecule has 3 nitrogen and oxygen atoms in total. The van der Waals surface area contributed by atoms with E-state index in [9.17, 15) is 0 Å². The Morgan fingerprint density at radius 2 is 2.71 bits per heavy atom. The van der Waals surface area contributed by atoms with Crippen molar-refractivity contribution in [2.45, 2.75) is 0 Å². The quantitative estimate of drug-likeness (QED) is 0.328. The molecule has 0 atom stereocenters. The molecule has 4 heteroatoms. The second-order valence-corrected chi connectivity index (χ2v) is 0.965. The molecule has 0 aromatic carbocycles. The molecule has 0 aromatic heterocycles. The van der Waals surface area contributed by atoms with Crippen molar-refractivity contribution in [3.8, 4) is 0 Å². The molecule has 40 valence electrons. The van der Waals surface area contributed by atoms with E-state index in [0.29, 0.717) is 6.61 Å². The summed E-state index contributed by atoms with van der Waals surface area (Å²) >= 11 is 4.12. The van der Waals surface area contributed by atoms with Crippen LogP contribution in [0.2, 0.25) is 0 Å². The van der Waals surface area contributed by atoms with Crippen molar-refractivity contribution in [3.63, 3.8) is 0 Å². The van der Waals surface area contributed by atoms with Crippen LogP contribution < -0.4 is 5.59 Å². The van der Waals surface area contributed by atoms with Crippen LogP contribution in [0.3, 0.4) is 0 Å². The van der Waals surface area contributed by atoms with E-state index in [2.05, 4.69) is 33.9 Å². The average Bonchev–Trinajstić information content (AvgIpc) is 1.69. The second-order valence-electron chi connectivity index (χ2n) is 0.782. The van der Waals surface area contributed by atoms with Gasteiger partial charge >= 0.3 is 0 Å². The number of hydrogen-bond acceptors (Lipinski definition) is 3. The number of hydrogen-bond donors (Lipinski definition) is 1. The van der Waals surface area contributed by atoms with Crippen molar-refractivity contribution in [2.24, 2.45) is 4.47 Å². The van der Waals surface area contributed by atoms with Gasteiger partial charge in [0.2, 0.25) is 0 Å². The molecule has 0 saturated carbocycles. The van der Waals surface area contributed by atoms with Gasteiger partial charge in [0.1, 0.15) is 0 Å². The summed E-state index contributed by atoms with van der Waals surface area (Å²) in [4.78, 5) is 4.49. The van der Waals surface area contributed by atoms with Gasteiger partial charge in [-0.1, -0.05) is 10.5 Å². The second kappa shape index (κ2) is 5.52. The Balaban J connectivity index is 2.68. The molecule has 0 aliphatic heterocycles. The van der Waals surface area contributed by atoms with E-state index < -0.39 is 0 Å². The number of nitrogens with zero attached hydrogens (tertiary/aromatic N) is 1. The smallest absolute Gasteiger partial charge is 0.0943 e. The zero-order chi connectivity index (χ0) is 5.54. The summed E-state index contributed by atoms with van der Waals surface area (Å²) in [6.07, 6.45) is 1.59. The van der Waals surface area contributed by atoms with Gasteiger partial charge in [0.25, 0.3) is 0 Å². The number of rotatable bonds is 4. The third-order valence-electron chi connectivity index (χ3n) is 0.303. The predicted molar refractivity (Wildman–Crippen MR) is 29.1 cm³/mol. The van der Waals surface area contributed by atoms with E-state index in [1.54, 1.807) is 6.08 Å². The molecule has 0 saturated heterocycles. The molecule has 1 N–H and O–H groups in total. The Kier molecular flexibility index (Phi) is 5.14. The summed E-state index contributed by atoms with van der Waals surface area (Å²) in [5.41, 5.74) is 2.12. The van der Waals surface area contributed by atoms with Crippen LogP contribution in [0.4, 0.5) is 0 Å². The van der Waals surface area contributed by atoms with E-state index in [0.717, 1.165) is 0 Å². The molecule has 0 heterocycles. The van der Waals surface area contributed by atoms with Gasteiger partial charge in [-0.3, -0.25) is 4.84 Å². The largest absolute Gasteiger partial charge is 0.254 e. The maximum absolute atomic E-state index is 4.49. The van der Waals surface area contributed by atoms with Gasteiger partial charge in [-0.2, -0.15) is 5.59 Å². The molecule has 0 rings (SSSR count). The SMILES string of the molecule is C=CCONN=S. The molecule has 0 aliphatic rings. The summed E-state index contributed by atoms with van der Waals surface area (Å²) in [6, 6.07) is 0. The van der Waals surface area contributed by atoms with Crippen LogP contribution in [0.25, 0.3) is 0 Å². The molecule has 0 radical (unpaired) electrons. The van der Waals surface area contributed by atoms with Gasteiger partial charge in [-0.25, -0.2) is 0 Å². The summed E-state index contributed by atoms with van der Waals surface area (Å²) in [5.74, 6) is 0. The van der Waals surface area contributed by atoms with Crippen molar-refractivity contribution in [3.05, 3.63) is 12.7 Å². The molecular formula is C3H6N2OS. The van der Waals surface area contributed by atoms with Crippen molar-refractivity contribution in [1.82, 2.24) is 5.59 Å². The van der Waals surface area contributed by atoms with Crippen LogP contribution >= 0.6 is 0 Å². The Labute approximate surface area is 47.5 Å². The minimum atomic E-state index is 0.417. The van der Waals surface area contributed by atoms with Crippen LogP contribution in [-0.2, 0) is 17.3 Å². The van der Waals surface area contributed by atoms with Crippen LogP contribution in [0, 0.1) is 0 Å². The molecule has 0 amide bonds. The monoisotopic (exact) mass is 118 g/mol. The zero-order valence-corrected chi connectivity index (χ0v) is 4.57. The highest BCUT2D eigenvalue weighted by molar-refractivity contribution is 7.47. The molecule has 0 fully saturated rings. The van der Waals surface area contributed by atoms with E-state index in [-0.39, 0.29) is 0 Å². The maximum Gasteiger partial charge on any atom is 0.0943 e. The maximum atomic E-state index is 4.49. The van der Waals surface area contributed by atoms with Gasteiger partial charge in [0.15, 0.2) is 0 Å². The lowest BCUT2D eigenvalue weighted by molar-refractivity contribution is 0.0673. The highest BCUT2D eigenvalue weighted by Gasteiger charge is 1.69. The summed E-state index contributed by atoms with van der Waals surface area (Å²) in [5, 5.41) is 0. The molecule has 0 bridgehead atoms. The Hall–Kier alpha value is -0.480. The van der Waals surface area contributed by atoms with Gasteiger partial charge < -0.3 is 0 Å². The molecule has 7 heavy (non-hydrogen) atoms. The van der Waals surface area contributed by atoms with E-state index in [1.165, 1.54) is 0 Å². The lowest BCUT2D eigenvalue weighted by atomic mass is 10.7. The van der Waals surface area contributed by atoms with Gasteiger partial charge in [-0.15, -0.1) is 6.58 Å². The van der Waals surface area contributed by atoms with Gasteiger partial charge in [0.05, 0.1) is 19.0 Å². The molecule has 0 aliphatic carbocycles. The Morgan fingerprint density at radius 1 is 2.00 bits per heavy atom. The van der Waals surface area contributed by atoms with Crippen molar-refractivity contribution in [2.75, 3.05) is 6.61 Å². The normalized spacial score (nSPS) is 7.43. The standard InChI is InChI=1S/C3H6N2OS/c1-2-3-6-4-5-7/h2H,1,3H2,(H,4,7). The first-order valence-corrected chi connectivity index (χ1v) is 2.08. The Morgan fingerprint density at radius 3 is 3.14 bits per heavy atom. The van der Waals surface area contributed by atoms with E-state index >= 15 is 0 Å². The first-order valence-electron chi connectivity index (χ1n) is 1.72. The molecule has 0 unspecified atom stereocenters.